The fourth-order valence-corrected chi connectivity index (χ4v) is 3.11. The summed E-state index contributed by atoms with van der Waals surface area (Å²) in [5.41, 5.74) is 2.74. The summed E-state index contributed by atoms with van der Waals surface area (Å²) in [6.07, 6.45) is 0.631. The summed E-state index contributed by atoms with van der Waals surface area (Å²) >= 11 is 1.53. The summed E-state index contributed by atoms with van der Waals surface area (Å²) in [5, 5.41) is 23.9. The van der Waals surface area contributed by atoms with Crippen molar-refractivity contribution in [1.82, 2.24) is 10.3 Å². The molecule has 2 aromatic carbocycles. The monoisotopic (exact) mass is 349 g/mol. The van der Waals surface area contributed by atoms with E-state index in [0.717, 1.165) is 16.3 Å². The predicted octanol–water partition coefficient (Wildman–Crippen LogP) is 3.36. The minimum Gasteiger partial charge on any atom is -0.508 e. The SMILES string of the molecule is N#Cc1cccc(C(=O)NCCc2nc(-c3ccc(O)cc3)cs2)c1. The molecule has 0 radical (unpaired) electrons. The third kappa shape index (κ3) is 4.22. The highest BCUT2D eigenvalue weighted by Gasteiger charge is 2.08. The number of benzene rings is 2. The zero-order chi connectivity index (χ0) is 17.6. The standard InChI is InChI=1S/C19H15N3O2S/c20-11-13-2-1-3-15(10-13)19(24)21-9-8-18-22-17(12-25-18)14-4-6-16(23)7-5-14/h1-7,10,12,23H,8-9H2,(H,21,24). The molecule has 0 fully saturated rings. The van der Waals surface area contributed by atoms with Crippen LogP contribution in [-0.2, 0) is 6.42 Å². The number of hydrogen-bond donors (Lipinski definition) is 2. The van der Waals surface area contributed by atoms with Crippen LogP contribution in [0.3, 0.4) is 0 Å². The summed E-state index contributed by atoms with van der Waals surface area (Å²) < 4.78 is 0. The van der Waals surface area contributed by atoms with E-state index in [1.807, 2.05) is 23.6 Å². The van der Waals surface area contributed by atoms with Crippen molar-refractivity contribution in [2.24, 2.45) is 0 Å². The molecule has 0 aliphatic heterocycles. The number of nitriles is 1. The molecule has 0 saturated heterocycles. The van der Waals surface area contributed by atoms with Gasteiger partial charge in [0.05, 0.1) is 22.3 Å². The van der Waals surface area contributed by atoms with E-state index in [4.69, 9.17) is 5.26 Å². The zero-order valence-electron chi connectivity index (χ0n) is 13.3. The third-order valence-corrected chi connectivity index (χ3v) is 4.50. The van der Waals surface area contributed by atoms with Crippen LogP contribution in [0.4, 0.5) is 0 Å². The molecule has 1 aromatic heterocycles. The second-order valence-corrected chi connectivity index (χ2v) is 6.31. The number of phenols is 1. The second-order valence-electron chi connectivity index (χ2n) is 5.37. The molecule has 6 heteroatoms. The van der Waals surface area contributed by atoms with Gasteiger partial charge < -0.3 is 10.4 Å². The maximum Gasteiger partial charge on any atom is 0.251 e. The van der Waals surface area contributed by atoms with Crippen molar-refractivity contribution in [3.8, 4) is 23.1 Å². The first-order chi connectivity index (χ1) is 12.2. The topological polar surface area (TPSA) is 86.0 Å². The van der Waals surface area contributed by atoms with Gasteiger partial charge in [-0.1, -0.05) is 6.07 Å². The molecule has 0 aliphatic carbocycles. The van der Waals surface area contributed by atoms with Crippen LogP contribution < -0.4 is 5.32 Å². The number of rotatable bonds is 5. The smallest absolute Gasteiger partial charge is 0.251 e. The Bertz CT molecular complexity index is 926. The Labute approximate surface area is 149 Å². The number of nitrogens with zero attached hydrogens (tertiary/aromatic N) is 2. The summed E-state index contributed by atoms with van der Waals surface area (Å²) in [4.78, 5) is 16.7. The molecular formula is C19H15N3O2S. The number of thiazole rings is 1. The van der Waals surface area contributed by atoms with Gasteiger partial charge in [0.1, 0.15) is 5.75 Å². The van der Waals surface area contributed by atoms with Gasteiger partial charge in [0.2, 0.25) is 0 Å². The fourth-order valence-electron chi connectivity index (χ4n) is 2.31. The summed E-state index contributed by atoms with van der Waals surface area (Å²) in [5.74, 6) is 0.0230. The number of phenolic OH excluding ortho intramolecular Hbond substituents is 1. The average molecular weight is 349 g/mol. The lowest BCUT2D eigenvalue weighted by Gasteiger charge is -2.04. The first kappa shape index (κ1) is 16.7. The number of carbonyl (C=O) groups excluding carboxylic acids is 1. The van der Waals surface area contributed by atoms with E-state index in [1.165, 1.54) is 11.3 Å². The molecule has 0 aliphatic rings. The van der Waals surface area contributed by atoms with Crippen LogP contribution >= 0.6 is 11.3 Å². The highest BCUT2D eigenvalue weighted by molar-refractivity contribution is 7.09. The molecule has 25 heavy (non-hydrogen) atoms. The minimum absolute atomic E-state index is 0.201. The van der Waals surface area contributed by atoms with Crippen molar-refractivity contribution in [3.05, 3.63) is 70.0 Å². The summed E-state index contributed by atoms with van der Waals surface area (Å²) in [6, 6.07) is 15.5. The minimum atomic E-state index is -0.201. The van der Waals surface area contributed by atoms with Crippen LogP contribution in [0.5, 0.6) is 5.75 Å². The van der Waals surface area contributed by atoms with Crippen molar-refractivity contribution in [2.75, 3.05) is 6.54 Å². The summed E-state index contributed by atoms with van der Waals surface area (Å²) in [6.45, 7) is 0.470. The lowest BCUT2D eigenvalue weighted by Crippen LogP contribution is -2.25. The van der Waals surface area contributed by atoms with Crippen molar-refractivity contribution in [2.45, 2.75) is 6.42 Å². The van der Waals surface area contributed by atoms with Gasteiger partial charge in [-0.2, -0.15) is 5.26 Å². The van der Waals surface area contributed by atoms with E-state index in [-0.39, 0.29) is 11.7 Å². The molecular weight excluding hydrogens is 334 g/mol. The van der Waals surface area contributed by atoms with Crippen LogP contribution in [-0.4, -0.2) is 22.5 Å². The van der Waals surface area contributed by atoms with E-state index in [2.05, 4.69) is 10.3 Å². The molecule has 1 amide bonds. The molecule has 0 saturated carbocycles. The van der Waals surface area contributed by atoms with E-state index in [0.29, 0.717) is 24.1 Å². The lowest BCUT2D eigenvalue weighted by molar-refractivity contribution is 0.0954. The van der Waals surface area contributed by atoms with Gasteiger partial charge in [-0.15, -0.1) is 11.3 Å². The quantitative estimate of drug-likeness (QED) is 0.739. The van der Waals surface area contributed by atoms with Gasteiger partial charge in [0.15, 0.2) is 0 Å². The van der Waals surface area contributed by atoms with Crippen LogP contribution in [0, 0.1) is 11.3 Å². The lowest BCUT2D eigenvalue weighted by atomic mass is 10.1. The predicted molar refractivity (Wildman–Crippen MR) is 96.4 cm³/mol. The fraction of sp³-hybridized carbons (Fsp3) is 0.105. The number of aromatic hydroxyl groups is 1. The number of amides is 1. The van der Waals surface area contributed by atoms with Crippen LogP contribution in [0.15, 0.2) is 53.9 Å². The molecule has 2 N–H and O–H groups in total. The van der Waals surface area contributed by atoms with E-state index >= 15 is 0 Å². The van der Waals surface area contributed by atoms with Crippen molar-refractivity contribution in [1.29, 1.82) is 5.26 Å². The Morgan fingerprint density at radius 3 is 2.80 bits per heavy atom. The molecule has 124 valence electrons. The van der Waals surface area contributed by atoms with Crippen LogP contribution in [0.2, 0.25) is 0 Å². The van der Waals surface area contributed by atoms with Gasteiger partial charge in [-0.25, -0.2) is 4.98 Å². The Morgan fingerprint density at radius 2 is 2.04 bits per heavy atom. The third-order valence-electron chi connectivity index (χ3n) is 3.59. The highest BCUT2D eigenvalue weighted by atomic mass is 32.1. The average Bonchev–Trinajstić information content (AvgIpc) is 3.11. The zero-order valence-corrected chi connectivity index (χ0v) is 14.1. The van der Waals surface area contributed by atoms with Gasteiger partial charge in [0, 0.05) is 29.5 Å². The van der Waals surface area contributed by atoms with Crippen molar-refractivity contribution < 1.29 is 9.90 Å². The molecule has 5 nitrogen and oxygen atoms in total. The van der Waals surface area contributed by atoms with Gasteiger partial charge in [-0.3, -0.25) is 4.79 Å². The number of aromatic nitrogens is 1. The number of carbonyl (C=O) groups is 1. The second kappa shape index (κ2) is 7.60. The first-order valence-corrected chi connectivity index (χ1v) is 8.56. The van der Waals surface area contributed by atoms with Gasteiger partial charge >= 0.3 is 0 Å². The molecule has 0 unspecified atom stereocenters. The van der Waals surface area contributed by atoms with Gasteiger partial charge in [-0.05, 0) is 42.5 Å². The van der Waals surface area contributed by atoms with Gasteiger partial charge in [0.25, 0.3) is 5.91 Å². The Balaban J connectivity index is 1.56. The van der Waals surface area contributed by atoms with Crippen LogP contribution in [0.1, 0.15) is 20.9 Å². The normalized spacial score (nSPS) is 10.2. The summed E-state index contributed by atoms with van der Waals surface area (Å²) in [7, 11) is 0. The molecule has 0 bridgehead atoms. The molecule has 0 spiro atoms. The Kier molecular flexibility index (Phi) is 5.07. The molecule has 3 aromatic rings. The largest absolute Gasteiger partial charge is 0.508 e. The molecule has 1 heterocycles. The first-order valence-electron chi connectivity index (χ1n) is 7.68. The van der Waals surface area contributed by atoms with E-state index < -0.39 is 0 Å². The Morgan fingerprint density at radius 1 is 1.24 bits per heavy atom. The molecule has 0 atom stereocenters. The number of nitrogens with one attached hydrogen (secondary N) is 1. The van der Waals surface area contributed by atoms with E-state index in [1.54, 1.807) is 36.4 Å². The van der Waals surface area contributed by atoms with Crippen LogP contribution in [0.25, 0.3) is 11.3 Å². The number of hydrogen-bond acceptors (Lipinski definition) is 5. The van der Waals surface area contributed by atoms with Crippen molar-refractivity contribution in [3.63, 3.8) is 0 Å². The Hall–Kier alpha value is -3.17. The maximum atomic E-state index is 12.1. The molecule has 3 rings (SSSR count). The highest BCUT2D eigenvalue weighted by Crippen LogP contribution is 2.23. The maximum absolute atomic E-state index is 12.1. The van der Waals surface area contributed by atoms with E-state index in [9.17, 15) is 9.90 Å². The van der Waals surface area contributed by atoms with Crippen molar-refractivity contribution >= 4 is 17.2 Å².